The molecule has 0 spiro atoms. The molecule has 118 valence electrons. The number of nitrogens with one attached hydrogen (secondary N) is 2. The quantitative estimate of drug-likeness (QED) is 0.912. The predicted octanol–water partition coefficient (Wildman–Crippen LogP) is 2.99. The second-order valence-electron chi connectivity index (χ2n) is 5.16. The molecule has 3 rings (SSSR count). The standard InChI is InChI=1S/C16H17FN2O2.ClH/c17-13-6-2-1-5-12(13)14-7-8-15(21-14)16(20)19-11-4-3-9-18-10-11;/h1-2,5-8,11,18H,3-4,9-10H2,(H,19,20);1H. The van der Waals surface area contributed by atoms with Crippen LogP contribution in [0.2, 0.25) is 0 Å². The van der Waals surface area contributed by atoms with Crippen molar-refractivity contribution in [2.75, 3.05) is 13.1 Å². The van der Waals surface area contributed by atoms with Gasteiger partial charge in [-0.2, -0.15) is 0 Å². The van der Waals surface area contributed by atoms with Crippen LogP contribution in [0.25, 0.3) is 11.3 Å². The summed E-state index contributed by atoms with van der Waals surface area (Å²) >= 11 is 0. The van der Waals surface area contributed by atoms with Crippen molar-refractivity contribution in [1.29, 1.82) is 0 Å². The van der Waals surface area contributed by atoms with Gasteiger partial charge in [0.15, 0.2) is 5.76 Å². The zero-order valence-electron chi connectivity index (χ0n) is 12.0. The number of benzene rings is 1. The summed E-state index contributed by atoms with van der Waals surface area (Å²) in [5.41, 5.74) is 0.357. The van der Waals surface area contributed by atoms with Crippen LogP contribution in [0.4, 0.5) is 4.39 Å². The van der Waals surface area contributed by atoms with Gasteiger partial charge in [-0.05, 0) is 43.7 Å². The van der Waals surface area contributed by atoms with Gasteiger partial charge in [0, 0.05) is 12.6 Å². The summed E-state index contributed by atoms with van der Waals surface area (Å²) in [5, 5.41) is 6.16. The highest BCUT2D eigenvalue weighted by Crippen LogP contribution is 2.24. The third kappa shape index (κ3) is 3.67. The molecule has 2 N–H and O–H groups in total. The van der Waals surface area contributed by atoms with Crippen LogP contribution >= 0.6 is 12.4 Å². The van der Waals surface area contributed by atoms with E-state index < -0.39 is 0 Å². The van der Waals surface area contributed by atoms with E-state index in [2.05, 4.69) is 10.6 Å². The summed E-state index contributed by atoms with van der Waals surface area (Å²) in [6.07, 6.45) is 2.00. The summed E-state index contributed by atoms with van der Waals surface area (Å²) in [5.74, 6) is -0.0552. The Labute approximate surface area is 134 Å². The Morgan fingerprint density at radius 3 is 2.82 bits per heavy atom. The van der Waals surface area contributed by atoms with Gasteiger partial charge in [0.25, 0.3) is 5.91 Å². The molecule has 1 aliphatic rings. The lowest BCUT2D eigenvalue weighted by Gasteiger charge is -2.23. The molecule has 2 aromatic rings. The highest BCUT2D eigenvalue weighted by Gasteiger charge is 2.19. The first-order chi connectivity index (χ1) is 10.2. The van der Waals surface area contributed by atoms with Crippen molar-refractivity contribution < 1.29 is 13.6 Å². The van der Waals surface area contributed by atoms with E-state index in [0.717, 1.165) is 25.9 Å². The Morgan fingerprint density at radius 1 is 1.27 bits per heavy atom. The van der Waals surface area contributed by atoms with Crippen molar-refractivity contribution in [2.45, 2.75) is 18.9 Å². The first kappa shape index (κ1) is 16.5. The van der Waals surface area contributed by atoms with Crippen molar-refractivity contribution in [3.05, 3.63) is 48.0 Å². The minimum absolute atomic E-state index is 0. The molecule has 0 aliphatic carbocycles. The number of carbonyl (C=O) groups is 1. The van der Waals surface area contributed by atoms with Crippen molar-refractivity contribution in [3.8, 4) is 11.3 Å². The zero-order chi connectivity index (χ0) is 14.7. The summed E-state index contributed by atoms with van der Waals surface area (Å²) in [4.78, 5) is 12.1. The topological polar surface area (TPSA) is 54.3 Å². The fourth-order valence-electron chi connectivity index (χ4n) is 2.50. The molecule has 6 heteroatoms. The molecule has 1 aliphatic heterocycles. The van der Waals surface area contributed by atoms with E-state index in [1.807, 2.05) is 0 Å². The molecule has 0 radical (unpaired) electrons. The highest BCUT2D eigenvalue weighted by atomic mass is 35.5. The van der Waals surface area contributed by atoms with E-state index >= 15 is 0 Å². The molecule has 1 fully saturated rings. The lowest BCUT2D eigenvalue weighted by Crippen LogP contribution is -2.45. The van der Waals surface area contributed by atoms with Gasteiger partial charge < -0.3 is 15.1 Å². The maximum Gasteiger partial charge on any atom is 0.287 e. The van der Waals surface area contributed by atoms with Crippen LogP contribution < -0.4 is 10.6 Å². The Morgan fingerprint density at radius 2 is 2.09 bits per heavy atom. The van der Waals surface area contributed by atoms with Crippen molar-refractivity contribution in [2.24, 2.45) is 0 Å². The van der Waals surface area contributed by atoms with E-state index in [1.165, 1.54) is 6.07 Å². The molecule has 2 heterocycles. The third-order valence-electron chi connectivity index (χ3n) is 3.60. The average molecular weight is 325 g/mol. The molecular weight excluding hydrogens is 307 g/mol. The third-order valence-corrected chi connectivity index (χ3v) is 3.60. The second-order valence-corrected chi connectivity index (χ2v) is 5.16. The SMILES string of the molecule is Cl.O=C(NC1CCCNC1)c1ccc(-c2ccccc2F)o1. The van der Waals surface area contributed by atoms with Gasteiger partial charge >= 0.3 is 0 Å². The van der Waals surface area contributed by atoms with Crippen LogP contribution in [0, 0.1) is 5.82 Å². The first-order valence-corrected chi connectivity index (χ1v) is 7.10. The number of carbonyl (C=O) groups excluding carboxylic acids is 1. The number of furan rings is 1. The Bertz CT molecular complexity index is 639. The molecule has 1 unspecified atom stereocenters. The normalized spacial score (nSPS) is 17.6. The Kier molecular flexibility index (Phi) is 5.57. The van der Waals surface area contributed by atoms with Crippen LogP contribution in [0.15, 0.2) is 40.8 Å². The van der Waals surface area contributed by atoms with E-state index in [0.29, 0.717) is 11.3 Å². The minimum atomic E-state index is -0.365. The van der Waals surface area contributed by atoms with Gasteiger partial charge in [0.05, 0.1) is 5.56 Å². The number of hydrogen-bond acceptors (Lipinski definition) is 3. The largest absolute Gasteiger partial charge is 0.451 e. The fourth-order valence-corrected chi connectivity index (χ4v) is 2.50. The summed E-state index contributed by atoms with van der Waals surface area (Å²) in [6.45, 7) is 1.76. The molecule has 1 atom stereocenters. The zero-order valence-corrected chi connectivity index (χ0v) is 12.8. The predicted molar refractivity (Wildman–Crippen MR) is 84.7 cm³/mol. The van der Waals surface area contributed by atoms with Crippen molar-refractivity contribution in [3.63, 3.8) is 0 Å². The molecular formula is C16H18ClFN2O2. The van der Waals surface area contributed by atoms with Crippen molar-refractivity contribution >= 4 is 18.3 Å². The highest BCUT2D eigenvalue weighted by molar-refractivity contribution is 5.92. The number of halogens is 2. The van der Waals surface area contributed by atoms with Crippen molar-refractivity contribution in [1.82, 2.24) is 10.6 Å². The average Bonchev–Trinajstić information content (AvgIpc) is 2.98. The molecule has 1 saturated heterocycles. The Balaban J connectivity index is 0.00000176. The van der Waals surface area contributed by atoms with E-state index in [1.54, 1.807) is 30.3 Å². The number of amides is 1. The lowest BCUT2D eigenvalue weighted by atomic mass is 10.1. The van der Waals surface area contributed by atoms with Crippen LogP contribution in [0.3, 0.4) is 0 Å². The van der Waals surface area contributed by atoms with Gasteiger partial charge in [0.1, 0.15) is 11.6 Å². The Hall–Kier alpha value is -1.85. The van der Waals surface area contributed by atoms with Gasteiger partial charge in [-0.3, -0.25) is 4.79 Å². The van der Waals surface area contributed by atoms with E-state index in [4.69, 9.17) is 4.42 Å². The van der Waals surface area contributed by atoms with Crippen LogP contribution in [0.5, 0.6) is 0 Å². The summed E-state index contributed by atoms with van der Waals surface area (Å²) in [7, 11) is 0. The number of piperidine rings is 1. The van der Waals surface area contributed by atoms with E-state index in [9.17, 15) is 9.18 Å². The van der Waals surface area contributed by atoms with Gasteiger partial charge in [-0.15, -0.1) is 12.4 Å². The van der Waals surface area contributed by atoms with Gasteiger partial charge in [0.2, 0.25) is 0 Å². The van der Waals surface area contributed by atoms with Crippen LogP contribution in [-0.2, 0) is 0 Å². The molecule has 4 nitrogen and oxygen atoms in total. The molecule has 1 aromatic heterocycles. The molecule has 1 aromatic carbocycles. The molecule has 0 bridgehead atoms. The summed E-state index contributed by atoms with van der Waals surface area (Å²) < 4.78 is 19.2. The number of rotatable bonds is 3. The maximum absolute atomic E-state index is 13.7. The first-order valence-electron chi connectivity index (χ1n) is 7.10. The fraction of sp³-hybridized carbons (Fsp3) is 0.312. The monoisotopic (exact) mass is 324 g/mol. The van der Waals surface area contributed by atoms with Crippen LogP contribution in [0.1, 0.15) is 23.4 Å². The number of hydrogen-bond donors (Lipinski definition) is 2. The smallest absolute Gasteiger partial charge is 0.287 e. The van der Waals surface area contributed by atoms with Gasteiger partial charge in [-0.1, -0.05) is 12.1 Å². The van der Waals surface area contributed by atoms with Crippen LogP contribution in [-0.4, -0.2) is 25.0 Å². The summed E-state index contributed by atoms with van der Waals surface area (Å²) in [6, 6.07) is 9.65. The lowest BCUT2D eigenvalue weighted by molar-refractivity contribution is 0.0903. The molecule has 0 saturated carbocycles. The minimum Gasteiger partial charge on any atom is -0.451 e. The molecule has 1 amide bonds. The maximum atomic E-state index is 13.7. The molecule has 22 heavy (non-hydrogen) atoms. The second kappa shape index (κ2) is 7.42. The van der Waals surface area contributed by atoms with Gasteiger partial charge in [-0.25, -0.2) is 4.39 Å². The van der Waals surface area contributed by atoms with E-state index in [-0.39, 0.29) is 35.9 Å².